The zero-order chi connectivity index (χ0) is 13.1. The van der Waals surface area contributed by atoms with Crippen LogP contribution in [0, 0.1) is 6.92 Å². The number of aliphatic hydroxyl groups excluding tert-OH is 3. The maximum absolute atomic E-state index is 10.1. The van der Waals surface area contributed by atoms with Crippen LogP contribution in [0.4, 0.5) is 0 Å². The number of hydrogen-bond donors (Lipinski definition) is 3. The molecule has 0 saturated carbocycles. The van der Waals surface area contributed by atoms with Crippen molar-refractivity contribution in [1.29, 1.82) is 0 Å². The van der Waals surface area contributed by atoms with Crippen LogP contribution in [0.1, 0.15) is 23.7 Å². The second-order valence-electron chi connectivity index (χ2n) is 4.54. The molecule has 3 heteroatoms. The lowest BCUT2D eigenvalue weighted by Crippen LogP contribution is -2.19. The van der Waals surface area contributed by atoms with Crippen LogP contribution < -0.4 is 0 Å². The molecule has 2 atom stereocenters. The number of fused-ring (bicyclic) bond motifs is 1. The molecule has 0 fully saturated rings. The number of hydrogen-bond acceptors (Lipinski definition) is 3. The van der Waals surface area contributed by atoms with Crippen LogP contribution in [0.15, 0.2) is 36.4 Å². The van der Waals surface area contributed by atoms with E-state index < -0.39 is 12.2 Å². The minimum atomic E-state index is -0.970. The first-order valence-electron chi connectivity index (χ1n) is 6.10. The summed E-state index contributed by atoms with van der Waals surface area (Å²) in [4.78, 5) is 0. The number of rotatable bonds is 4. The summed E-state index contributed by atoms with van der Waals surface area (Å²) in [6.45, 7) is 1.88. The van der Waals surface area contributed by atoms with Gasteiger partial charge in [-0.3, -0.25) is 0 Å². The summed E-state index contributed by atoms with van der Waals surface area (Å²) in [6, 6.07) is 11.6. The molecule has 0 spiro atoms. The molecule has 2 unspecified atom stereocenters. The van der Waals surface area contributed by atoms with Gasteiger partial charge in [0.2, 0.25) is 0 Å². The van der Waals surface area contributed by atoms with Crippen LogP contribution >= 0.6 is 0 Å². The Bertz CT molecular complexity index is 536. The molecule has 0 aliphatic heterocycles. The SMILES string of the molecule is Cc1ccc(C(O)C(O)CCO)c2ccccc12. The fraction of sp³-hybridized carbons (Fsp3) is 0.333. The molecular weight excluding hydrogens is 228 g/mol. The summed E-state index contributed by atoms with van der Waals surface area (Å²) in [5.41, 5.74) is 1.84. The third-order valence-corrected chi connectivity index (χ3v) is 3.28. The molecule has 2 rings (SSSR count). The Balaban J connectivity index is 2.48. The van der Waals surface area contributed by atoms with E-state index in [1.165, 1.54) is 0 Å². The molecule has 0 bridgehead atoms. The Hall–Kier alpha value is -1.42. The monoisotopic (exact) mass is 246 g/mol. The third-order valence-electron chi connectivity index (χ3n) is 3.28. The van der Waals surface area contributed by atoms with Crippen molar-refractivity contribution in [3.05, 3.63) is 47.5 Å². The van der Waals surface area contributed by atoms with Crippen molar-refractivity contribution in [3.63, 3.8) is 0 Å². The zero-order valence-electron chi connectivity index (χ0n) is 10.4. The van der Waals surface area contributed by atoms with Crippen molar-refractivity contribution >= 4 is 10.8 Å². The molecule has 0 aliphatic rings. The molecule has 0 radical (unpaired) electrons. The van der Waals surface area contributed by atoms with Crippen LogP contribution in [-0.2, 0) is 0 Å². The average molecular weight is 246 g/mol. The van der Waals surface area contributed by atoms with E-state index in [-0.39, 0.29) is 13.0 Å². The van der Waals surface area contributed by atoms with E-state index in [0.717, 1.165) is 16.3 Å². The zero-order valence-corrected chi connectivity index (χ0v) is 10.4. The van der Waals surface area contributed by atoms with Gasteiger partial charge < -0.3 is 15.3 Å². The van der Waals surface area contributed by atoms with Crippen LogP contribution in [0.25, 0.3) is 10.8 Å². The van der Waals surface area contributed by atoms with E-state index in [9.17, 15) is 10.2 Å². The molecule has 2 aromatic rings. The van der Waals surface area contributed by atoms with Gasteiger partial charge in [-0.05, 0) is 35.2 Å². The van der Waals surface area contributed by atoms with Crippen LogP contribution in [-0.4, -0.2) is 28.0 Å². The summed E-state index contributed by atoms with van der Waals surface area (Å²) in [5.74, 6) is 0. The second kappa shape index (κ2) is 5.48. The lowest BCUT2D eigenvalue weighted by molar-refractivity contribution is 0.00500. The first kappa shape index (κ1) is 13.0. The highest BCUT2D eigenvalue weighted by Gasteiger charge is 2.20. The van der Waals surface area contributed by atoms with Crippen molar-refractivity contribution in [3.8, 4) is 0 Å². The quantitative estimate of drug-likeness (QED) is 0.772. The third kappa shape index (κ3) is 2.38. The first-order valence-corrected chi connectivity index (χ1v) is 6.10. The fourth-order valence-corrected chi connectivity index (χ4v) is 2.23. The Morgan fingerprint density at radius 2 is 1.67 bits per heavy atom. The highest BCUT2D eigenvalue weighted by Crippen LogP contribution is 2.29. The Morgan fingerprint density at radius 1 is 1.00 bits per heavy atom. The van der Waals surface area contributed by atoms with Crippen molar-refractivity contribution in [1.82, 2.24) is 0 Å². The smallest absolute Gasteiger partial charge is 0.106 e. The van der Waals surface area contributed by atoms with Gasteiger partial charge in [-0.25, -0.2) is 0 Å². The van der Waals surface area contributed by atoms with Gasteiger partial charge in [0.15, 0.2) is 0 Å². The van der Waals surface area contributed by atoms with Gasteiger partial charge in [-0.1, -0.05) is 36.4 Å². The molecule has 96 valence electrons. The molecule has 0 aromatic heterocycles. The minimum Gasteiger partial charge on any atom is -0.396 e. The van der Waals surface area contributed by atoms with Crippen molar-refractivity contribution in [2.45, 2.75) is 25.6 Å². The van der Waals surface area contributed by atoms with E-state index >= 15 is 0 Å². The molecule has 2 aromatic carbocycles. The standard InChI is InChI=1S/C15H18O3/c1-10-6-7-13(15(18)14(17)8-9-16)12-5-3-2-4-11(10)12/h2-7,14-18H,8-9H2,1H3. The van der Waals surface area contributed by atoms with Gasteiger partial charge in [0.25, 0.3) is 0 Å². The molecule has 0 aliphatic carbocycles. The average Bonchev–Trinajstić information content (AvgIpc) is 2.39. The Morgan fingerprint density at radius 3 is 2.33 bits per heavy atom. The van der Waals surface area contributed by atoms with Crippen LogP contribution in [0.2, 0.25) is 0 Å². The number of benzene rings is 2. The van der Waals surface area contributed by atoms with E-state index in [4.69, 9.17) is 5.11 Å². The van der Waals surface area contributed by atoms with Crippen molar-refractivity contribution in [2.75, 3.05) is 6.61 Å². The normalized spacial score (nSPS) is 14.7. The highest BCUT2D eigenvalue weighted by atomic mass is 16.3. The summed E-state index contributed by atoms with van der Waals surface area (Å²) >= 11 is 0. The topological polar surface area (TPSA) is 60.7 Å². The lowest BCUT2D eigenvalue weighted by Gasteiger charge is -2.19. The number of aliphatic hydroxyl groups is 3. The van der Waals surface area contributed by atoms with Gasteiger partial charge in [-0.2, -0.15) is 0 Å². The lowest BCUT2D eigenvalue weighted by atomic mass is 9.94. The molecule has 3 nitrogen and oxygen atoms in total. The molecular formula is C15H18O3. The Kier molecular flexibility index (Phi) is 3.97. The van der Waals surface area contributed by atoms with E-state index in [0.29, 0.717) is 5.56 Å². The minimum absolute atomic E-state index is 0.137. The van der Waals surface area contributed by atoms with Gasteiger partial charge in [0.1, 0.15) is 6.10 Å². The van der Waals surface area contributed by atoms with E-state index in [2.05, 4.69) is 0 Å². The molecule has 0 amide bonds. The van der Waals surface area contributed by atoms with Crippen LogP contribution in [0.3, 0.4) is 0 Å². The maximum Gasteiger partial charge on any atom is 0.106 e. The van der Waals surface area contributed by atoms with Crippen LogP contribution in [0.5, 0.6) is 0 Å². The van der Waals surface area contributed by atoms with Gasteiger partial charge in [0, 0.05) is 6.61 Å². The van der Waals surface area contributed by atoms with E-state index in [1.54, 1.807) is 0 Å². The summed E-state index contributed by atoms with van der Waals surface area (Å²) in [5, 5.41) is 30.8. The van der Waals surface area contributed by atoms with Gasteiger partial charge in [0.05, 0.1) is 6.10 Å². The van der Waals surface area contributed by atoms with Crippen molar-refractivity contribution < 1.29 is 15.3 Å². The molecule has 3 N–H and O–H groups in total. The number of aryl methyl sites for hydroxylation is 1. The van der Waals surface area contributed by atoms with Gasteiger partial charge in [-0.15, -0.1) is 0 Å². The maximum atomic E-state index is 10.1. The van der Waals surface area contributed by atoms with Crippen molar-refractivity contribution in [2.24, 2.45) is 0 Å². The molecule has 0 saturated heterocycles. The van der Waals surface area contributed by atoms with E-state index in [1.807, 2.05) is 43.3 Å². The fourth-order valence-electron chi connectivity index (χ4n) is 2.23. The van der Waals surface area contributed by atoms with Gasteiger partial charge >= 0.3 is 0 Å². The highest BCUT2D eigenvalue weighted by molar-refractivity contribution is 5.88. The molecule has 18 heavy (non-hydrogen) atoms. The summed E-state index contributed by atoms with van der Waals surface area (Å²) in [7, 11) is 0. The predicted molar refractivity (Wildman–Crippen MR) is 71.4 cm³/mol. The summed E-state index contributed by atoms with van der Waals surface area (Å²) in [6.07, 6.45) is -1.74. The summed E-state index contributed by atoms with van der Waals surface area (Å²) < 4.78 is 0. The predicted octanol–water partition coefficient (Wildman–Crippen LogP) is 1.92. The second-order valence-corrected chi connectivity index (χ2v) is 4.54. The first-order chi connectivity index (χ1) is 8.65. The Labute approximate surface area is 106 Å². The largest absolute Gasteiger partial charge is 0.396 e. The molecule has 0 heterocycles.